The molecule has 2 aliphatic rings. The van der Waals surface area contributed by atoms with Gasteiger partial charge in [0.1, 0.15) is 11.6 Å². The minimum absolute atomic E-state index is 0.0184. The van der Waals surface area contributed by atoms with Gasteiger partial charge in [0, 0.05) is 0 Å². The van der Waals surface area contributed by atoms with Crippen LogP contribution in [-0.4, -0.2) is 12.6 Å². The molecule has 0 aliphatic heterocycles. The molecule has 0 unspecified atom stereocenters. The summed E-state index contributed by atoms with van der Waals surface area (Å²) in [5.74, 6) is 0.148. The molecule has 0 aromatic rings. The predicted octanol–water partition coefficient (Wildman–Crippen LogP) is 3.22. The van der Waals surface area contributed by atoms with Crippen LogP contribution in [0.15, 0.2) is 11.1 Å². The fourth-order valence-corrected chi connectivity index (χ4v) is 3.78. The van der Waals surface area contributed by atoms with E-state index in [1.54, 1.807) is 6.92 Å². The van der Waals surface area contributed by atoms with Crippen LogP contribution in [0.25, 0.3) is 0 Å². The van der Waals surface area contributed by atoms with Gasteiger partial charge in [-0.05, 0) is 48.5 Å². The summed E-state index contributed by atoms with van der Waals surface area (Å²) in [6, 6.07) is 2.08. The summed E-state index contributed by atoms with van der Waals surface area (Å²) in [6.07, 6.45) is 3.16. The number of allylic oxidation sites excluding steroid dienone is 1. The van der Waals surface area contributed by atoms with Crippen LogP contribution in [0.3, 0.4) is 0 Å². The summed E-state index contributed by atoms with van der Waals surface area (Å²) in [4.78, 5) is 11.9. The van der Waals surface area contributed by atoms with Gasteiger partial charge in [0.15, 0.2) is 0 Å². The number of rotatable bonds is 2. The lowest BCUT2D eigenvalue weighted by Gasteiger charge is -2.35. The van der Waals surface area contributed by atoms with Crippen molar-refractivity contribution < 1.29 is 9.53 Å². The van der Waals surface area contributed by atoms with Crippen molar-refractivity contribution in [3.63, 3.8) is 0 Å². The molecule has 2 saturated carbocycles. The third-order valence-electron chi connectivity index (χ3n) is 5.45. The Morgan fingerprint density at radius 2 is 2.17 bits per heavy atom. The third kappa shape index (κ3) is 1.51. The topological polar surface area (TPSA) is 50.1 Å². The molecule has 2 aliphatic carbocycles. The average molecular weight is 247 g/mol. The number of esters is 1. The molecule has 0 radical (unpaired) electrons. The van der Waals surface area contributed by atoms with Crippen molar-refractivity contribution >= 4 is 5.97 Å². The van der Waals surface area contributed by atoms with Gasteiger partial charge in [-0.3, -0.25) is 0 Å². The number of carbonyl (C=O) groups excluding carboxylic acids is 1. The Morgan fingerprint density at radius 1 is 1.50 bits per heavy atom. The van der Waals surface area contributed by atoms with Gasteiger partial charge in [0.05, 0.1) is 6.61 Å². The van der Waals surface area contributed by atoms with Crippen LogP contribution in [0.1, 0.15) is 47.0 Å². The maximum absolute atomic E-state index is 11.9. The number of ether oxygens (including phenoxy) is 1. The first-order valence-corrected chi connectivity index (χ1v) is 6.69. The molecule has 0 spiro atoms. The highest BCUT2D eigenvalue weighted by molar-refractivity contribution is 5.94. The molecular formula is C15H21NO2. The molecule has 2 rings (SSSR count). The number of hydrogen-bond donors (Lipinski definition) is 0. The van der Waals surface area contributed by atoms with E-state index < -0.39 is 5.97 Å². The fourth-order valence-electron chi connectivity index (χ4n) is 3.78. The quantitative estimate of drug-likeness (QED) is 0.427. The van der Waals surface area contributed by atoms with E-state index in [0.29, 0.717) is 12.5 Å². The smallest absolute Gasteiger partial charge is 0.348 e. The van der Waals surface area contributed by atoms with E-state index >= 15 is 0 Å². The molecule has 2 bridgehead atoms. The number of fused-ring (bicyclic) bond motifs is 2. The third-order valence-corrected chi connectivity index (χ3v) is 5.45. The van der Waals surface area contributed by atoms with Gasteiger partial charge in [-0.2, -0.15) is 5.26 Å². The molecule has 0 heterocycles. The maximum Gasteiger partial charge on any atom is 0.348 e. The van der Waals surface area contributed by atoms with E-state index in [4.69, 9.17) is 4.74 Å². The van der Waals surface area contributed by atoms with Gasteiger partial charge < -0.3 is 4.74 Å². The molecule has 3 heteroatoms. The zero-order valence-electron chi connectivity index (χ0n) is 11.7. The normalized spacial score (nSPS) is 35.2. The lowest BCUT2D eigenvalue weighted by Crippen LogP contribution is -2.29. The highest BCUT2D eigenvalue weighted by atomic mass is 16.5. The van der Waals surface area contributed by atoms with E-state index in [9.17, 15) is 10.1 Å². The Morgan fingerprint density at radius 3 is 2.56 bits per heavy atom. The fraction of sp³-hybridized carbons (Fsp3) is 0.733. The van der Waals surface area contributed by atoms with E-state index in [0.717, 1.165) is 18.4 Å². The summed E-state index contributed by atoms with van der Waals surface area (Å²) >= 11 is 0. The summed E-state index contributed by atoms with van der Waals surface area (Å²) in [5, 5.41) is 9.29. The van der Waals surface area contributed by atoms with E-state index in [-0.39, 0.29) is 16.4 Å². The van der Waals surface area contributed by atoms with Crippen LogP contribution >= 0.6 is 0 Å². The standard InChI is InChI=1S/C15H21NO2/c1-5-18-13(17)11(9-16)12-8-10-6-7-15(12,4)14(10,2)3/h10H,5-8H2,1-4H3/b12-11+/t10-,15+/m1/s1. The summed E-state index contributed by atoms with van der Waals surface area (Å²) in [7, 11) is 0. The monoisotopic (exact) mass is 247 g/mol. The molecule has 0 aromatic carbocycles. The first kappa shape index (κ1) is 13.1. The first-order valence-electron chi connectivity index (χ1n) is 6.69. The second-order valence-corrected chi connectivity index (χ2v) is 6.18. The number of carbonyl (C=O) groups is 1. The van der Waals surface area contributed by atoms with Gasteiger partial charge in [0.25, 0.3) is 0 Å². The second-order valence-electron chi connectivity index (χ2n) is 6.18. The van der Waals surface area contributed by atoms with E-state index in [1.165, 1.54) is 6.42 Å². The summed E-state index contributed by atoms with van der Waals surface area (Å²) in [5.41, 5.74) is 1.45. The molecule has 0 N–H and O–H groups in total. The lowest BCUT2D eigenvalue weighted by atomic mass is 9.68. The minimum Gasteiger partial charge on any atom is -0.462 e. The largest absolute Gasteiger partial charge is 0.462 e. The first-order chi connectivity index (χ1) is 8.38. The molecule has 18 heavy (non-hydrogen) atoms. The Balaban J connectivity index is 2.46. The van der Waals surface area contributed by atoms with Crippen LogP contribution < -0.4 is 0 Å². The lowest BCUT2D eigenvalue weighted by molar-refractivity contribution is -0.138. The second kappa shape index (κ2) is 4.12. The minimum atomic E-state index is -0.445. The van der Waals surface area contributed by atoms with Crippen molar-refractivity contribution in [3.05, 3.63) is 11.1 Å². The Labute approximate surface area is 109 Å². The zero-order chi connectivity index (χ0) is 13.6. The molecule has 0 saturated heterocycles. The van der Waals surface area contributed by atoms with Gasteiger partial charge in [-0.25, -0.2) is 4.79 Å². The van der Waals surface area contributed by atoms with Crippen LogP contribution in [-0.2, 0) is 9.53 Å². The van der Waals surface area contributed by atoms with Crippen molar-refractivity contribution in [2.24, 2.45) is 16.7 Å². The van der Waals surface area contributed by atoms with Crippen LogP contribution in [0, 0.1) is 28.1 Å². The van der Waals surface area contributed by atoms with Crippen LogP contribution in [0.2, 0.25) is 0 Å². The predicted molar refractivity (Wildman–Crippen MR) is 68.5 cm³/mol. The molecular weight excluding hydrogens is 226 g/mol. The Kier molecular flexibility index (Phi) is 3.01. The number of nitrogens with zero attached hydrogens (tertiary/aromatic N) is 1. The van der Waals surface area contributed by atoms with Gasteiger partial charge in [-0.1, -0.05) is 20.8 Å². The summed E-state index contributed by atoms with van der Waals surface area (Å²) in [6.45, 7) is 8.81. The molecule has 0 amide bonds. The van der Waals surface area contributed by atoms with Crippen molar-refractivity contribution in [3.8, 4) is 6.07 Å². The van der Waals surface area contributed by atoms with Gasteiger partial charge in [-0.15, -0.1) is 0 Å². The molecule has 2 fully saturated rings. The van der Waals surface area contributed by atoms with Crippen LogP contribution in [0.4, 0.5) is 0 Å². The average Bonchev–Trinajstić information content (AvgIpc) is 2.63. The molecule has 0 aromatic heterocycles. The van der Waals surface area contributed by atoms with E-state index in [1.807, 2.05) is 0 Å². The van der Waals surface area contributed by atoms with Gasteiger partial charge >= 0.3 is 5.97 Å². The van der Waals surface area contributed by atoms with Crippen molar-refractivity contribution in [1.82, 2.24) is 0 Å². The highest BCUT2D eigenvalue weighted by Gasteiger charge is 2.60. The van der Waals surface area contributed by atoms with Crippen molar-refractivity contribution in [2.45, 2.75) is 47.0 Å². The zero-order valence-corrected chi connectivity index (χ0v) is 11.7. The van der Waals surface area contributed by atoms with Crippen molar-refractivity contribution in [2.75, 3.05) is 6.61 Å². The number of hydrogen-bond acceptors (Lipinski definition) is 3. The van der Waals surface area contributed by atoms with Gasteiger partial charge in [0.2, 0.25) is 0 Å². The molecule has 98 valence electrons. The highest BCUT2D eigenvalue weighted by Crippen LogP contribution is 2.68. The van der Waals surface area contributed by atoms with Crippen molar-refractivity contribution in [1.29, 1.82) is 5.26 Å². The maximum atomic E-state index is 11.9. The molecule has 2 atom stereocenters. The number of nitriles is 1. The SMILES string of the molecule is CCOC(=O)/C(C#N)=C1\C[C@H]2CC[C@]1(C)C2(C)C. The van der Waals surface area contributed by atoms with E-state index in [2.05, 4.69) is 26.8 Å². The molecule has 3 nitrogen and oxygen atoms in total. The Bertz CT molecular complexity index is 456. The van der Waals surface area contributed by atoms with Crippen LogP contribution in [0.5, 0.6) is 0 Å². The summed E-state index contributed by atoms with van der Waals surface area (Å²) < 4.78 is 5.01. The Hall–Kier alpha value is -1.30.